The van der Waals surface area contributed by atoms with Crippen molar-refractivity contribution in [1.82, 2.24) is 0 Å². The van der Waals surface area contributed by atoms with Crippen LogP contribution in [0.5, 0.6) is 0 Å². The Labute approximate surface area is 113 Å². The van der Waals surface area contributed by atoms with Gasteiger partial charge in [-0.25, -0.2) is 0 Å². The fourth-order valence-corrected chi connectivity index (χ4v) is 1.67. The Bertz CT molecular complexity index is 477. The first-order valence-electron chi connectivity index (χ1n) is 5.30. The van der Waals surface area contributed by atoms with Crippen LogP contribution in [0.2, 0.25) is 5.02 Å². The zero-order chi connectivity index (χ0) is 14.6. The van der Waals surface area contributed by atoms with Crippen molar-refractivity contribution in [2.45, 2.75) is 12.6 Å². The van der Waals surface area contributed by atoms with Gasteiger partial charge in [0.05, 0.1) is 6.42 Å². The lowest BCUT2D eigenvalue weighted by Crippen LogP contribution is -2.27. The normalized spacial score (nSPS) is 12.6. The molecule has 0 bridgehead atoms. The van der Waals surface area contributed by atoms with Crippen LogP contribution in [-0.4, -0.2) is 30.8 Å². The highest BCUT2D eigenvalue weighted by Gasteiger charge is 2.27. The van der Waals surface area contributed by atoms with Crippen LogP contribution in [0.3, 0.4) is 0 Å². The molecule has 19 heavy (non-hydrogen) atoms. The van der Waals surface area contributed by atoms with Crippen LogP contribution >= 0.6 is 11.6 Å². The van der Waals surface area contributed by atoms with E-state index in [1.807, 2.05) is 0 Å². The Hall–Kier alpha value is -1.63. The number of anilines is 1. The van der Waals surface area contributed by atoms with Crippen molar-refractivity contribution >= 4 is 23.1 Å². The van der Waals surface area contributed by atoms with Gasteiger partial charge in [0, 0.05) is 29.9 Å². The molecule has 0 aromatic heterocycles. The van der Waals surface area contributed by atoms with Crippen molar-refractivity contribution in [2.24, 2.45) is 10.9 Å². The molecule has 1 rings (SSSR count). The van der Waals surface area contributed by atoms with Gasteiger partial charge >= 0.3 is 6.18 Å². The molecular formula is C11H13ClF3N3O. The van der Waals surface area contributed by atoms with Crippen molar-refractivity contribution < 1.29 is 18.4 Å². The minimum atomic E-state index is -4.25. The highest BCUT2D eigenvalue weighted by atomic mass is 35.5. The molecule has 0 fully saturated rings. The number of hydrogen-bond acceptors (Lipinski definition) is 3. The summed E-state index contributed by atoms with van der Waals surface area (Å²) >= 11 is 5.81. The number of amidine groups is 1. The van der Waals surface area contributed by atoms with Gasteiger partial charge in [-0.15, -0.1) is 0 Å². The minimum Gasteiger partial charge on any atom is -0.409 e. The maximum absolute atomic E-state index is 12.2. The molecule has 0 saturated heterocycles. The third-order valence-electron chi connectivity index (χ3n) is 2.49. The Balaban J connectivity index is 3.00. The number of nitrogens with zero attached hydrogens (tertiary/aromatic N) is 2. The molecule has 1 aromatic rings. The van der Waals surface area contributed by atoms with E-state index in [-0.39, 0.29) is 12.4 Å². The Morgan fingerprint density at radius 1 is 1.47 bits per heavy atom. The quantitative estimate of drug-likeness (QED) is 0.389. The molecule has 4 nitrogen and oxygen atoms in total. The summed E-state index contributed by atoms with van der Waals surface area (Å²) in [4.78, 5) is 1.35. The summed E-state index contributed by atoms with van der Waals surface area (Å²) in [6.45, 7) is -0.254. The lowest BCUT2D eigenvalue weighted by Gasteiger charge is -2.23. The van der Waals surface area contributed by atoms with Gasteiger partial charge in [-0.1, -0.05) is 16.8 Å². The van der Waals surface area contributed by atoms with Gasteiger partial charge in [-0.3, -0.25) is 0 Å². The number of hydrogen-bond donors (Lipinski definition) is 2. The van der Waals surface area contributed by atoms with Crippen LogP contribution < -0.4 is 10.6 Å². The van der Waals surface area contributed by atoms with Gasteiger partial charge in [0.25, 0.3) is 0 Å². The van der Waals surface area contributed by atoms with Gasteiger partial charge in [0.15, 0.2) is 5.84 Å². The predicted molar refractivity (Wildman–Crippen MR) is 67.9 cm³/mol. The number of rotatable bonds is 4. The van der Waals surface area contributed by atoms with Crippen LogP contribution in [0.4, 0.5) is 18.9 Å². The Morgan fingerprint density at radius 3 is 2.63 bits per heavy atom. The van der Waals surface area contributed by atoms with Crippen molar-refractivity contribution in [3.05, 3.63) is 28.8 Å². The van der Waals surface area contributed by atoms with E-state index in [2.05, 4.69) is 5.16 Å². The van der Waals surface area contributed by atoms with Crippen molar-refractivity contribution in [3.63, 3.8) is 0 Å². The van der Waals surface area contributed by atoms with E-state index in [0.29, 0.717) is 16.3 Å². The van der Waals surface area contributed by atoms with E-state index in [0.717, 1.165) is 0 Å². The molecule has 106 valence electrons. The van der Waals surface area contributed by atoms with Crippen LogP contribution in [0.15, 0.2) is 23.4 Å². The molecule has 3 N–H and O–H groups in total. The first-order valence-corrected chi connectivity index (χ1v) is 5.67. The monoisotopic (exact) mass is 295 g/mol. The van der Waals surface area contributed by atoms with Crippen molar-refractivity contribution in [2.75, 3.05) is 18.5 Å². The third-order valence-corrected chi connectivity index (χ3v) is 2.72. The molecule has 0 atom stereocenters. The first-order chi connectivity index (χ1) is 8.74. The molecule has 0 amide bonds. The molecular weight excluding hydrogens is 283 g/mol. The largest absolute Gasteiger partial charge is 0.409 e. The molecule has 8 heteroatoms. The molecule has 1 aromatic carbocycles. The van der Waals surface area contributed by atoms with E-state index in [9.17, 15) is 13.2 Å². The van der Waals surface area contributed by atoms with Gasteiger partial charge in [-0.05, 0) is 18.2 Å². The molecule has 0 aliphatic heterocycles. The first kappa shape index (κ1) is 15.4. The van der Waals surface area contributed by atoms with Gasteiger partial charge < -0.3 is 15.8 Å². The zero-order valence-electron chi connectivity index (χ0n) is 10.1. The van der Waals surface area contributed by atoms with Crippen LogP contribution in [0, 0.1) is 0 Å². The predicted octanol–water partition coefficient (Wildman–Crippen LogP) is 2.82. The van der Waals surface area contributed by atoms with Crippen molar-refractivity contribution in [1.29, 1.82) is 0 Å². The molecule has 0 heterocycles. The lowest BCUT2D eigenvalue weighted by molar-refractivity contribution is -0.132. The lowest BCUT2D eigenvalue weighted by atomic mass is 10.1. The van der Waals surface area contributed by atoms with E-state index < -0.39 is 12.6 Å². The number of oxime groups is 1. The summed E-state index contributed by atoms with van der Waals surface area (Å²) < 4.78 is 36.6. The van der Waals surface area contributed by atoms with E-state index in [1.165, 1.54) is 30.1 Å². The second kappa shape index (κ2) is 6.01. The average Bonchev–Trinajstić information content (AvgIpc) is 2.34. The van der Waals surface area contributed by atoms with E-state index in [1.54, 1.807) is 0 Å². The maximum Gasteiger partial charge on any atom is 0.390 e. The van der Waals surface area contributed by atoms with Crippen LogP contribution in [-0.2, 0) is 0 Å². The fourth-order valence-electron chi connectivity index (χ4n) is 1.51. The fraction of sp³-hybridized carbons (Fsp3) is 0.364. The van der Waals surface area contributed by atoms with Gasteiger partial charge in [-0.2, -0.15) is 13.2 Å². The summed E-state index contributed by atoms with van der Waals surface area (Å²) in [6, 6.07) is 4.46. The highest BCUT2D eigenvalue weighted by Crippen LogP contribution is 2.26. The standard InChI is InChI=1S/C11H13ClF3N3O/c1-18(5-4-11(13,14)15)9-6-7(12)2-3-8(9)10(16)17-19/h2-3,6,19H,4-5H2,1H3,(H2,16,17). The molecule has 0 aliphatic rings. The molecule has 0 unspecified atom stereocenters. The molecule has 0 aliphatic carbocycles. The highest BCUT2D eigenvalue weighted by molar-refractivity contribution is 6.31. The molecule has 0 radical (unpaired) electrons. The summed E-state index contributed by atoms with van der Waals surface area (Å²) in [5.74, 6) is -0.189. The molecule has 0 spiro atoms. The average molecular weight is 296 g/mol. The number of alkyl halides is 3. The second-order valence-corrected chi connectivity index (χ2v) is 4.37. The summed E-state index contributed by atoms with van der Waals surface area (Å²) in [5, 5.41) is 11.8. The molecule has 0 saturated carbocycles. The Kier molecular flexibility index (Phi) is 4.88. The van der Waals surface area contributed by atoms with Crippen molar-refractivity contribution in [3.8, 4) is 0 Å². The number of benzene rings is 1. The van der Waals surface area contributed by atoms with E-state index in [4.69, 9.17) is 22.5 Å². The zero-order valence-corrected chi connectivity index (χ0v) is 10.8. The second-order valence-electron chi connectivity index (χ2n) is 3.93. The summed E-state index contributed by atoms with van der Waals surface area (Å²) in [5.41, 5.74) is 6.16. The smallest absolute Gasteiger partial charge is 0.390 e. The SMILES string of the molecule is CN(CCC(F)(F)F)c1cc(Cl)ccc1C(N)=NO. The van der Waals surface area contributed by atoms with Crippen LogP contribution in [0.25, 0.3) is 0 Å². The maximum atomic E-state index is 12.2. The number of halogens is 4. The van der Waals surface area contributed by atoms with Crippen LogP contribution in [0.1, 0.15) is 12.0 Å². The van der Waals surface area contributed by atoms with E-state index >= 15 is 0 Å². The van der Waals surface area contributed by atoms with Gasteiger partial charge in [0.1, 0.15) is 0 Å². The summed E-state index contributed by atoms with van der Waals surface area (Å²) in [7, 11) is 1.48. The summed E-state index contributed by atoms with van der Waals surface area (Å²) in [6.07, 6.45) is -5.21. The minimum absolute atomic E-state index is 0.189. The number of nitrogens with two attached hydrogens (primary N) is 1. The van der Waals surface area contributed by atoms with Gasteiger partial charge in [0.2, 0.25) is 0 Å². The third kappa shape index (κ3) is 4.51. The Morgan fingerprint density at radius 2 is 2.11 bits per heavy atom. The topological polar surface area (TPSA) is 61.8 Å².